The van der Waals surface area contributed by atoms with Crippen LogP contribution in [0.25, 0.3) is 16.8 Å². The minimum atomic E-state index is -0.213. The van der Waals surface area contributed by atoms with Crippen LogP contribution in [0, 0.1) is 25.7 Å². The molecular formula is C27H32N4O2. The summed E-state index contributed by atoms with van der Waals surface area (Å²) >= 11 is 0. The Bertz CT molecular complexity index is 1130. The fraction of sp³-hybridized carbons (Fsp3) is 0.370. The first-order valence-corrected chi connectivity index (χ1v) is 11.6. The lowest BCUT2D eigenvalue weighted by Crippen LogP contribution is -2.41. The lowest BCUT2D eigenvalue weighted by molar-refractivity contribution is -0.136. The minimum Gasteiger partial charge on any atom is -0.333 e. The van der Waals surface area contributed by atoms with E-state index in [1.54, 1.807) is 9.58 Å². The first-order valence-electron chi connectivity index (χ1n) is 11.6. The van der Waals surface area contributed by atoms with E-state index in [-0.39, 0.29) is 24.3 Å². The number of rotatable bonds is 8. The van der Waals surface area contributed by atoms with Crippen LogP contribution in [0.1, 0.15) is 37.9 Å². The van der Waals surface area contributed by atoms with Crippen molar-refractivity contribution in [1.29, 1.82) is 0 Å². The van der Waals surface area contributed by atoms with Gasteiger partial charge in [0.2, 0.25) is 11.8 Å². The van der Waals surface area contributed by atoms with E-state index in [0.29, 0.717) is 18.3 Å². The zero-order chi connectivity index (χ0) is 23.5. The summed E-state index contributed by atoms with van der Waals surface area (Å²) in [6, 6.07) is 18.0. The van der Waals surface area contributed by atoms with Crippen LogP contribution in [-0.4, -0.2) is 39.6 Å². The molecule has 2 amide bonds. The molecule has 4 rings (SSSR count). The van der Waals surface area contributed by atoms with E-state index in [9.17, 15) is 9.59 Å². The number of anilines is 1. The van der Waals surface area contributed by atoms with Crippen molar-refractivity contribution in [1.82, 2.24) is 14.7 Å². The fourth-order valence-electron chi connectivity index (χ4n) is 4.07. The Hall–Kier alpha value is -3.41. The summed E-state index contributed by atoms with van der Waals surface area (Å²) in [6.45, 7) is 8.73. The lowest BCUT2D eigenvalue weighted by Gasteiger charge is -2.24. The Balaban J connectivity index is 1.68. The number of amides is 2. The second kappa shape index (κ2) is 9.61. The Morgan fingerprint density at radius 3 is 2.33 bits per heavy atom. The Morgan fingerprint density at radius 1 is 1.06 bits per heavy atom. The minimum absolute atomic E-state index is 0.0415. The third kappa shape index (κ3) is 5.33. The van der Waals surface area contributed by atoms with Gasteiger partial charge in [-0.25, -0.2) is 4.68 Å². The van der Waals surface area contributed by atoms with Crippen molar-refractivity contribution in [3.8, 4) is 16.8 Å². The molecule has 0 bridgehead atoms. The van der Waals surface area contributed by atoms with Crippen molar-refractivity contribution in [2.75, 3.05) is 18.4 Å². The molecule has 2 aromatic carbocycles. The fourth-order valence-corrected chi connectivity index (χ4v) is 4.07. The normalized spacial score (nSPS) is 13.2. The van der Waals surface area contributed by atoms with Gasteiger partial charge in [0, 0.05) is 18.0 Å². The van der Waals surface area contributed by atoms with Crippen molar-refractivity contribution in [2.24, 2.45) is 11.8 Å². The van der Waals surface area contributed by atoms with Crippen molar-refractivity contribution in [3.63, 3.8) is 0 Å². The average molecular weight is 445 g/mol. The van der Waals surface area contributed by atoms with Gasteiger partial charge < -0.3 is 10.2 Å². The van der Waals surface area contributed by atoms with Crippen molar-refractivity contribution in [2.45, 2.75) is 40.5 Å². The smallest absolute Gasteiger partial charge is 0.245 e. The Morgan fingerprint density at radius 2 is 1.73 bits per heavy atom. The molecule has 1 fully saturated rings. The lowest BCUT2D eigenvalue weighted by atomic mass is 10.1. The molecule has 33 heavy (non-hydrogen) atoms. The molecule has 1 aromatic heterocycles. The van der Waals surface area contributed by atoms with Gasteiger partial charge in [-0.15, -0.1) is 0 Å². The molecule has 0 unspecified atom stereocenters. The number of carbonyl (C=O) groups is 2. The van der Waals surface area contributed by atoms with E-state index >= 15 is 0 Å². The van der Waals surface area contributed by atoms with Crippen LogP contribution in [0.4, 0.5) is 5.82 Å². The number of hydrogen-bond acceptors (Lipinski definition) is 3. The van der Waals surface area contributed by atoms with Gasteiger partial charge in [-0.2, -0.15) is 5.10 Å². The molecule has 1 saturated carbocycles. The zero-order valence-electron chi connectivity index (χ0n) is 19.8. The van der Waals surface area contributed by atoms with Crippen LogP contribution in [0.15, 0.2) is 54.6 Å². The van der Waals surface area contributed by atoms with E-state index < -0.39 is 0 Å². The largest absolute Gasteiger partial charge is 0.333 e. The van der Waals surface area contributed by atoms with E-state index in [2.05, 4.69) is 19.2 Å². The van der Waals surface area contributed by atoms with Crippen molar-refractivity contribution < 1.29 is 9.59 Å². The molecule has 3 aromatic rings. The first-order chi connectivity index (χ1) is 15.8. The number of nitrogens with zero attached hydrogens (tertiary/aromatic N) is 3. The summed E-state index contributed by atoms with van der Waals surface area (Å²) in [7, 11) is 0. The molecule has 0 saturated heterocycles. The summed E-state index contributed by atoms with van der Waals surface area (Å²) < 4.78 is 1.78. The third-order valence-corrected chi connectivity index (χ3v) is 5.82. The summed E-state index contributed by atoms with van der Waals surface area (Å²) in [5.41, 5.74) is 4.71. The summed E-state index contributed by atoms with van der Waals surface area (Å²) in [4.78, 5) is 27.7. The molecule has 0 atom stereocenters. The summed E-state index contributed by atoms with van der Waals surface area (Å²) in [5, 5.41) is 7.86. The highest BCUT2D eigenvalue weighted by atomic mass is 16.2. The summed E-state index contributed by atoms with van der Waals surface area (Å²) in [6.07, 6.45) is 1.85. The van der Waals surface area contributed by atoms with Crippen LogP contribution in [-0.2, 0) is 9.59 Å². The second-order valence-corrected chi connectivity index (χ2v) is 9.36. The monoisotopic (exact) mass is 444 g/mol. The molecule has 1 heterocycles. The van der Waals surface area contributed by atoms with Gasteiger partial charge in [-0.05, 0) is 50.3 Å². The predicted octanol–water partition coefficient (Wildman–Crippen LogP) is 4.99. The van der Waals surface area contributed by atoms with E-state index in [1.807, 2.05) is 68.4 Å². The maximum absolute atomic E-state index is 13.2. The van der Waals surface area contributed by atoms with Gasteiger partial charge in [0.05, 0.1) is 17.9 Å². The molecule has 0 spiro atoms. The first kappa shape index (κ1) is 22.8. The van der Waals surface area contributed by atoms with Crippen molar-refractivity contribution in [3.05, 3.63) is 65.9 Å². The van der Waals surface area contributed by atoms with Gasteiger partial charge in [0.25, 0.3) is 0 Å². The van der Waals surface area contributed by atoms with Crippen LogP contribution < -0.4 is 5.32 Å². The van der Waals surface area contributed by atoms with Gasteiger partial charge in [0.1, 0.15) is 5.82 Å². The average Bonchev–Trinajstić information content (AvgIpc) is 3.58. The molecule has 172 valence electrons. The maximum Gasteiger partial charge on any atom is 0.245 e. The van der Waals surface area contributed by atoms with E-state index in [0.717, 1.165) is 40.9 Å². The van der Waals surface area contributed by atoms with E-state index in [4.69, 9.17) is 5.10 Å². The molecule has 1 aliphatic carbocycles. The molecule has 0 radical (unpaired) electrons. The van der Waals surface area contributed by atoms with Gasteiger partial charge in [-0.3, -0.25) is 9.59 Å². The van der Waals surface area contributed by atoms with Crippen molar-refractivity contribution >= 4 is 17.6 Å². The summed E-state index contributed by atoms with van der Waals surface area (Å²) in [5.74, 6) is 0.869. The number of carbonyl (C=O) groups excluding carboxylic acids is 2. The third-order valence-electron chi connectivity index (χ3n) is 5.82. The van der Waals surface area contributed by atoms with Crippen LogP contribution in [0.2, 0.25) is 0 Å². The maximum atomic E-state index is 13.2. The SMILES string of the molecule is Cc1ccc(-n2nc(C)c(-c3ccccc3)c2NC(=O)CN(CC(C)C)C(=O)C2CC2)cc1. The zero-order valence-corrected chi connectivity index (χ0v) is 19.8. The van der Waals surface area contributed by atoms with Crippen LogP contribution in [0.3, 0.4) is 0 Å². The topological polar surface area (TPSA) is 67.2 Å². The number of nitrogens with one attached hydrogen (secondary N) is 1. The predicted molar refractivity (Wildman–Crippen MR) is 131 cm³/mol. The second-order valence-electron chi connectivity index (χ2n) is 9.36. The molecule has 0 aliphatic heterocycles. The molecule has 1 N–H and O–H groups in total. The standard InChI is InChI=1S/C27H32N4O2/c1-18(2)16-30(27(33)22-12-13-22)17-24(32)28-26-25(21-8-6-5-7-9-21)20(4)29-31(26)23-14-10-19(3)11-15-23/h5-11,14-15,18,22H,12-13,16-17H2,1-4H3,(H,28,32). The highest BCUT2D eigenvalue weighted by Crippen LogP contribution is 2.34. The molecule has 6 nitrogen and oxygen atoms in total. The molecular weight excluding hydrogens is 412 g/mol. The van der Waals surface area contributed by atoms with Gasteiger partial charge in [-0.1, -0.05) is 61.9 Å². The Labute approximate surface area is 195 Å². The number of benzene rings is 2. The van der Waals surface area contributed by atoms with Crippen LogP contribution >= 0.6 is 0 Å². The van der Waals surface area contributed by atoms with Gasteiger partial charge >= 0.3 is 0 Å². The number of hydrogen-bond donors (Lipinski definition) is 1. The van der Waals surface area contributed by atoms with E-state index in [1.165, 1.54) is 0 Å². The quantitative estimate of drug-likeness (QED) is 0.532. The van der Waals surface area contributed by atoms with Crippen LogP contribution in [0.5, 0.6) is 0 Å². The number of aromatic nitrogens is 2. The highest BCUT2D eigenvalue weighted by molar-refractivity contribution is 5.98. The molecule has 1 aliphatic rings. The molecule has 6 heteroatoms. The Kier molecular flexibility index (Phi) is 6.63. The van der Waals surface area contributed by atoms with Gasteiger partial charge in [0.15, 0.2) is 0 Å². The number of aryl methyl sites for hydroxylation is 2. The highest BCUT2D eigenvalue weighted by Gasteiger charge is 2.34.